The number of hydrogen-bond acceptors (Lipinski definition) is 3. The van der Waals surface area contributed by atoms with E-state index in [0.717, 1.165) is 0 Å². The molecule has 0 spiro atoms. The average Bonchev–Trinajstić information content (AvgIpc) is 2.03. The van der Waals surface area contributed by atoms with Crippen molar-refractivity contribution in [1.29, 1.82) is 0 Å². The monoisotopic (exact) mass is 161 g/mol. The van der Waals surface area contributed by atoms with Crippen LogP contribution in [0.1, 0.15) is 20.8 Å². The maximum Gasteiger partial charge on any atom is 0.103 e. The molecular formula is C8H19NO2. The van der Waals surface area contributed by atoms with Crippen molar-refractivity contribution in [1.82, 2.24) is 0 Å². The lowest BCUT2D eigenvalue weighted by Crippen LogP contribution is -2.47. The summed E-state index contributed by atoms with van der Waals surface area (Å²) in [6.07, 6.45) is 0.0440. The molecule has 0 aromatic rings. The fourth-order valence-electron chi connectivity index (χ4n) is 0.842. The second-order valence-electron chi connectivity index (χ2n) is 2.82. The number of hydrogen-bond donors (Lipinski definition) is 1. The molecule has 0 bridgehead atoms. The molecule has 2 unspecified atom stereocenters. The van der Waals surface area contributed by atoms with Gasteiger partial charge in [0.2, 0.25) is 0 Å². The molecule has 0 saturated carbocycles. The molecule has 0 aliphatic heterocycles. The minimum Gasteiger partial charge on any atom is -0.376 e. The molecule has 3 heteroatoms. The van der Waals surface area contributed by atoms with Crippen molar-refractivity contribution in [2.24, 2.45) is 5.73 Å². The third-order valence-corrected chi connectivity index (χ3v) is 2.15. The van der Waals surface area contributed by atoms with Crippen molar-refractivity contribution in [3.8, 4) is 0 Å². The van der Waals surface area contributed by atoms with Crippen LogP contribution in [0.3, 0.4) is 0 Å². The second kappa shape index (κ2) is 4.70. The predicted molar refractivity (Wildman–Crippen MR) is 45.6 cm³/mol. The third kappa shape index (κ3) is 2.77. The average molecular weight is 161 g/mol. The Labute approximate surface area is 68.9 Å². The summed E-state index contributed by atoms with van der Waals surface area (Å²) in [5.74, 6) is 0. The Bertz CT molecular complexity index is 102. The highest BCUT2D eigenvalue weighted by Crippen LogP contribution is 2.15. The number of ether oxygens (including phenoxy) is 2. The van der Waals surface area contributed by atoms with E-state index >= 15 is 0 Å². The van der Waals surface area contributed by atoms with Gasteiger partial charge in [-0.2, -0.15) is 0 Å². The van der Waals surface area contributed by atoms with Gasteiger partial charge in [-0.05, 0) is 20.8 Å². The molecule has 3 nitrogen and oxygen atoms in total. The van der Waals surface area contributed by atoms with E-state index in [9.17, 15) is 0 Å². The summed E-state index contributed by atoms with van der Waals surface area (Å²) in [6.45, 7) is 7.06. The van der Waals surface area contributed by atoms with Gasteiger partial charge in [-0.3, -0.25) is 0 Å². The van der Waals surface area contributed by atoms with Crippen LogP contribution in [0, 0.1) is 0 Å². The van der Waals surface area contributed by atoms with Crippen LogP contribution in [0.5, 0.6) is 0 Å². The van der Waals surface area contributed by atoms with Gasteiger partial charge in [0, 0.05) is 20.3 Å². The van der Waals surface area contributed by atoms with Crippen LogP contribution in [0.15, 0.2) is 0 Å². The van der Waals surface area contributed by atoms with Crippen LogP contribution in [0.2, 0.25) is 0 Å². The minimum atomic E-state index is -0.351. The molecule has 68 valence electrons. The van der Waals surface area contributed by atoms with E-state index in [0.29, 0.717) is 13.2 Å². The van der Waals surface area contributed by atoms with Gasteiger partial charge in [0.05, 0.1) is 6.10 Å². The van der Waals surface area contributed by atoms with Crippen LogP contribution in [0.25, 0.3) is 0 Å². The zero-order chi connectivity index (χ0) is 8.91. The van der Waals surface area contributed by atoms with E-state index < -0.39 is 0 Å². The Morgan fingerprint density at radius 2 is 2.09 bits per heavy atom. The summed E-state index contributed by atoms with van der Waals surface area (Å²) in [7, 11) is 1.66. The number of rotatable bonds is 5. The lowest BCUT2D eigenvalue weighted by atomic mass is 10.0. The molecule has 0 aliphatic rings. The summed E-state index contributed by atoms with van der Waals surface area (Å²) >= 11 is 0. The highest BCUT2D eigenvalue weighted by Gasteiger charge is 2.29. The maximum absolute atomic E-state index is 5.54. The molecule has 2 N–H and O–H groups in total. The summed E-state index contributed by atoms with van der Waals surface area (Å²) < 4.78 is 10.6. The fraction of sp³-hybridized carbons (Fsp3) is 1.00. The van der Waals surface area contributed by atoms with E-state index in [1.54, 1.807) is 7.11 Å². The lowest BCUT2D eigenvalue weighted by molar-refractivity contribution is -0.103. The van der Waals surface area contributed by atoms with Crippen molar-refractivity contribution >= 4 is 0 Å². The molecule has 0 radical (unpaired) electrons. The second-order valence-corrected chi connectivity index (χ2v) is 2.82. The fourth-order valence-corrected chi connectivity index (χ4v) is 0.842. The van der Waals surface area contributed by atoms with E-state index in [1.165, 1.54) is 0 Å². The first-order chi connectivity index (χ1) is 5.10. The quantitative estimate of drug-likeness (QED) is 0.648. The molecule has 0 rings (SSSR count). The van der Waals surface area contributed by atoms with Crippen molar-refractivity contribution < 1.29 is 9.47 Å². The van der Waals surface area contributed by atoms with Gasteiger partial charge in [0.25, 0.3) is 0 Å². The topological polar surface area (TPSA) is 44.5 Å². The van der Waals surface area contributed by atoms with Gasteiger partial charge in [-0.1, -0.05) is 0 Å². The van der Waals surface area contributed by atoms with Crippen LogP contribution in [-0.2, 0) is 9.47 Å². The number of methoxy groups -OCH3 is 1. The lowest BCUT2D eigenvalue weighted by Gasteiger charge is -2.32. The van der Waals surface area contributed by atoms with E-state index in [2.05, 4.69) is 0 Å². The SMILES string of the molecule is CCOC(C)C(C)(CN)OC. The molecular weight excluding hydrogens is 142 g/mol. The Balaban J connectivity index is 4.00. The van der Waals surface area contributed by atoms with E-state index in [-0.39, 0.29) is 11.7 Å². The maximum atomic E-state index is 5.54. The molecule has 11 heavy (non-hydrogen) atoms. The molecule has 0 heterocycles. The Kier molecular flexibility index (Phi) is 4.65. The van der Waals surface area contributed by atoms with Gasteiger partial charge in [-0.15, -0.1) is 0 Å². The largest absolute Gasteiger partial charge is 0.376 e. The first kappa shape index (κ1) is 10.9. The summed E-state index contributed by atoms with van der Waals surface area (Å²) in [6, 6.07) is 0. The third-order valence-electron chi connectivity index (χ3n) is 2.15. The molecule has 2 atom stereocenters. The molecule has 0 saturated heterocycles. The standard InChI is InChI=1S/C8H19NO2/c1-5-11-7(2)8(3,6-9)10-4/h7H,5-6,9H2,1-4H3. The molecule has 0 aromatic heterocycles. The van der Waals surface area contributed by atoms with E-state index in [4.69, 9.17) is 15.2 Å². The predicted octanol–water partition coefficient (Wildman–Crippen LogP) is 0.775. The van der Waals surface area contributed by atoms with Crippen molar-refractivity contribution in [3.05, 3.63) is 0 Å². The highest BCUT2D eigenvalue weighted by molar-refractivity contribution is 4.82. The van der Waals surface area contributed by atoms with Crippen molar-refractivity contribution in [3.63, 3.8) is 0 Å². The summed E-state index contributed by atoms with van der Waals surface area (Å²) in [5.41, 5.74) is 5.19. The van der Waals surface area contributed by atoms with Crippen LogP contribution in [0.4, 0.5) is 0 Å². The zero-order valence-corrected chi connectivity index (χ0v) is 7.89. The Morgan fingerprint density at radius 1 is 1.55 bits per heavy atom. The smallest absolute Gasteiger partial charge is 0.103 e. The van der Waals surface area contributed by atoms with Gasteiger partial charge < -0.3 is 15.2 Å². The molecule has 0 aliphatic carbocycles. The molecule has 0 aromatic carbocycles. The molecule has 0 amide bonds. The molecule has 0 fully saturated rings. The highest BCUT2D eigenvalue weighted by atomic mass is 16.5. The Hall–Kier alpha value is -0.120. The first-order valence-corrected chi connectivity index (χ1v) is 3.97. The van der Waals surface area contributed by atoms with Crippen LogP contribution >= 0.6 is 0 Å². The van der Waals surface area contributed by atoms with Crippen LogP contribution < -0.4 is 5.73 Å². The first-order valence-electron chi connectivity index (χ1n) is 3.97. The summed E-state index contributed by atoms with van der Waals surface area (Å²) in [4.78, 5) is 0. The number of nitrogens with two attached hydrogens (primary N) is 1. The summed E-state index contributed by atoms with van der Waals surface area (Å²) in [5, 5.41) is 0. The van der Waals surface area contributed by atoms with Gasteiger partial charge in [0.1, 0.15) is 5.60 Å². The van der Waals surface area contributed by atoms with Crippen LogP contribution in [-0.4, -0.2) is 32.0 Å². The van der Waals surface area contributed by atoms with Gasteiger partial charge >= 0.3 is 0 Å². The van der Waals surface area contributed by atoms with Crippen molar-refractivity contribution in [2.45, 2.75) is 32.5 Å². The van der Waals surface area contributed by atoms with Gasteiger partial charge in [0.15, 0.2) is 0 Å². The Morgan fingerprint density at radius 3 is 2.36 bits per heavy atom. The normalized spacial score (nSPS) is 19.4. The van der Waals surface area contributed by atoms with Gasteiger partial charge in [-0.25, -0.2) is 0 Å². The van der Waals surface area contributed by atoms with E-state index in [1.807, 2.05) is 20.8 Å². The van der Waals surface area contributed by atoms with Crippen molar-refractivity contribution in [2.75, 3.05) is 20.3 Å². The zero-order valence-electron chi connectivity index (χ0n) is 7.89. The minimum absolute atomic E-state index is 0.0440.